The topological polar surface area (TPSA) is 135 Å². The van der Waals surface area contributed by atoms with E-state index in [0.717, 1.165) is 63.2 Å². The van der Waals surface area contributed by atoms with E-state index in [-0.39, 0.29) is 36.8 Å². The van der Waals surface area contributed by atoms with Crippen molar-refractivity contribution in [1.82, 2.24) is 10.6 Å². The Morgan fingerprint density at radius 1 is 1.02 bits per heavy atom. The molecule has 12 atom stereocenters. The third kappa shape index (κ3) is 7.79. The zero-order valence-electron chi connectivity index (χ0n) is 27.8. The number of piperidine rings is 3. The maximum absolute atomic E-state index is 11.7. The van der Waals surface area contributed by atoms with E-state index in [9.17, 15) is 20.1 Å². The Morgan fingerprint density at radius 2 is 1.82 bits per heavy atom. The van der Waals surface area contributed by atoms with E-state index in [4.69, 9.17) is 5.73 Å². The second-order valence-electron chi connectivity index (χ2n) is 16.4. The lowest BCUT2D eigenvalue weighted by atomic mass is 9.58. The quantitative estimate of drug-likeness (QED) is 0.293. The fourth-order valence-electron chi connectivity index (χ4n) is 10.9. The molecule has 3 saturated heterocycles. The molecule has 4 aliphatic heterocycles. The van der Waals surface area contributed by atoms with Gasteiger partial charge in [0, 0.05) is 49.3 Å². The number of hydrogen-bond donors (Lipinski definition) is 6. The average Bonchev–Trinajstić information content (AvgIpc) is 2.97. The van der Waals surface area contributed by atoms with E-state index in [2.05, 4.69) is 48.7 Å². The molecule has 0 aromatic heterocycles. The fourth-order valence-corrected chi connectivity index (χ4v) is 10.9. The van der Waals surface area contributed by atoms with Gasteiger partial charge < -0.3 is 36.1 Å². The summed E-state index contributed by atoms with van der Waals surface area (Å²) in [5.74, 6) is 1.67. The van der Waals surface area contributed by atoms with Gasteiger partial charge in [0.2, 0.25) is 0 Å². The zero-order valence-corrected chi connectivity index (χ0v) is 27.8. The van der Waals surface area contributed by atoms with Crippen LogP contribution in [0.3, 0.4) is 0 Å². The van der Waals surface area contributed by atoms with E-state index in [1.165, 1.54) is 43.4 Å². The Hall–Kier alpha value is -1.55. The highest BCUT2D eigenvalue weighted by Gasteiger charge is 2.51. The first kappa shape index (κ1) is 33.4. The first-order valence-electron chi connectivity index (χ1n) is 18.3. The van der Waals surface area contributed by atoms with Crippen molar-refractivity contribution >= 4 is 5.97 Å². The molecule has 0 amide bonds. The smallest absolute Gasteiger partial charge is 0.111 e. The maximum atomic E-state index is 11.7. The summed E-state index contributed by atoms with van der Waals surface area (Å²) in [7, 11) is 0. The molecule has 252 valence electrons. The maximum Gasteiger partial charge on any atom is 0.111 e. The number of carbonyl (C=O) groups is 1. The molecule has 6 rings (SSSR count). The molecular formula is C37H60N4O4. The molecule has 8 heteroatoms. The number of carbonyl (C=O) groups excluding carboxylic acids is 1. The molecule has 1 saturated carbocycles. The summed E-state index contributed by atoms with van der Waals surface area (Å²) in [6.45, 7) is 5.84. The Kier molecular flexibility index (Phi) is 10.3. The molecule has 0 radical (unpaired) electrons. The molecule has 4 fully saturated rings. The van der Waals surface area contributed by atoms with Crippen molar-refractivity contribution in [2.75, 3.05) is 13.1 Å². The van der Waals surface area contributed by atoms with Gasteiger partial charge in [0.15, 0.2) is 0 Å². The molecule has 4 heterocycles. The number of rotatable bonds is 2. The predicted molar refractivity (Wildman–Crippen MR) is 174 cm³/mol. The van der Waals surface area contributed by atoms with Gasteiger partial charge in [-0.2, -0.15) is 0 Å². The number of nitrogens with two attached hydrogens (primary N) is 1. The molecule has 1 aliphatic carbocycles. The first-order valence-corrected chi connectivity index (χ1v) is 18.3. The molecule has 4 bridgehead atoms. The number of aliphatic hydroxyl groups is 2. The van der Waals surface area contributed by atoms with Gasteiger partial charge in [0.05, 0.1) is 24.4 Å². The van der Waals surface area contributed by atoms with Gasteiger partial charge in [-0.3, -0.25) is 5.32 Å². The summed E-state index contributed by atoms with van der Waals surface area (Å²) in [4.78, 5) is 13.4. The zero-order chi connectivity index (χ0) is 31.8. The number of nitrogens with one attached hydrogen (secondary N) is 3. The Balaban J connectivity index is 1.25. The average molecular weight is 625 g/mol. The predicted octanol–water partition coefficient (Wildman–Crippen LogP) is 1.45. The van der Waals surface area contributed by atoms with Crippen molar-refractivity contribution in [2.24, 2.45) is 29.4 Å². The van der Waals surface area contributed by atoms with Crippen molar-refractivity contribution in [2.45, 2.75) is 152 Å². The molecule has 7 N–H and O–H groups in total. The van der Waals surface area contributed by atoms with Crippen LogP contribution >= 0.6 is 0 Å². The van der Waals surface area contributed by atoms with Gasteiger partial charge in [0.25, 0.3) is 0 Å². The molecule has 12 unspecified atom stereocenters. The lowest BCUT2D eigenvalue weighted by molar-refractivity contribution is -0.967. The number of carboxylic acid groups (broad SMARTS) is 1. The summed E-state index contributed by atoms with van der Waals surface area (Å²) in [5.41, 5.74) is 7.71. The van der Waals surface area contributed by atoms with Gasteiger partial charge in [0.1, 0.15) is 12.1 Å². The van der Waals surface area contributed by atoms with Crippen LogP contribution in [0.25, 0.3) is 0 Å². The minimum Gasteiger partial charge on any atom is -0.550 e. The molecule has 8 nitrogen and oxygen atoms in total. The molecule has 1 aromatic carbocycles. The minimum absolute atomic E-state index is 0.158. The van der Waals surface area contributed by atoms with Crippen molar-refractivity contribution < 1.29 is 25.0 Å². The van der Waals surface area contributed by atoms with Gasteiger partial charge in [-0.1, -0.05) is 49.9 Å². The van der Waals surface area contributed by atoms with Crippen LogP contribution < -0.4 is 26.4 Å². The van der Waals surface area contributed by atoms with Crippen LogP contribution in [0.5, 0.6) is 0 Å². The van der Waals surface area contributed by atoms with Crippen LogP contribution in [0.4, 0.5) is 0 Å². The Bertz CT molecular complexity index is 1170. The first-order chi connectivity index (χ1) is 21.5. The molecule has 1 aromatic rings. The highest BCUT2D eigenvalue weighted by atomic mass is 16.4. The summed E-state index contributed by atoms with van der Waals surface area (Å²) in [6.07, 6.45) is 13.5. The van der Waals surface area contributed by atoms with Crippen molar-refractivity contribution in [1.29, 1.82) is 0 Å². The summed E-state index contributed by atoms with van der Waals surface area (Å²) >= 11 is 0. The third-order valence-corrected chi connectivity index (χ3v) is 13.1. The molecular weight excluding hydrogens is 564 g/mol. The Labute approximate surface area is 270 Å². The summed E-state index contributed by atoms with van der Waals surface area (Å²) in [5, 5.41) is 41.0. The van der Waals surface area contributed by atoms with Crippen LogP contribution in [0.2, 0.25) is 0 Å². The highest BCUT2D eigenvalue weighted by molar-refractivity contribution is 5.65. The number of benzene rings is 1. The van der Waals surface area contributed by atoms with Gasteiger partial charge in [-0.05, 0) is 94.1 Å². The van der Waals surface area contributed by atoms with Gasteiger partial charge in [-0.15, -0.1) is 0 Å². The van der Waals surface area contributed by atoms with E-state index in [1.54, 1.807) is 4.90 Å². The largest absolute Gasteiger partial charge is 0.550 e. The lowest BCUT2D eigenvalue weighted by Gasteiger charge is -2.54. The number of hydrogen-bond acceptors (Lipinski definition) is 7. The van der Waals surface area contributed by atoms with Crippen molar-refractivity contribution in [3.63, 3.8) is 0 Å². The summed E-state index contributed by atoms with van der Waals surface area (Å²) in [6, 6.07) is 10.5. The van der Waals surface area contributed by atoms with Crippen LogP contribution in [-0.2, 0) is 17.6 Å². The number of fused-ring (bicyclic) bond motifs is 9. The number of quaternary nitrogens is 1. The van der Waals surface area contributed by atoms with Gasteiger partial charge in [-0.25, -0.2) is 0 Å². The van der Waals surface area contributed by atoms with Crippen molar-refractivity contribution in [3.8, 4) is 0 Å². The van der Waals surface area contributed by atoms with Crippen LogP contribution in [0.1, 0.15) is 108 Å². The van der Waals surface area contributed by atoms with Crippen LogP contribution in [0.15, 0.2) is 24.3 Å². The third-order valence-electron chi connectivity index (χ3n) is 13.1. The SMILES string of the molecule is CC1C(O)CCC2C3CCC4CCCCCC(O)(CC(=O)[O-])CNC5(C)CC(N)NC(Cc6cccc(c6)CC4C3CC[NH+]12)C5. The summed E-state index contributed by atoms with van der Waals surface area (Å²) < 4.78 is 0. The minimum atomic E-state index is -1.33. The highest BCUT2D eigenvalue weighted by Crippen LogP contribution is 2.47. The lowest BCUT2D eigenvalue weighted by Crippen LogP contribution is -3.22. The second-order valence-corrected chi connectivity index (χ2v) is 16.4. The monoisotopic (exact) mass is 624 g/mol. The number of carboxylic acids is 1. The molecule has 5 aliphatic rings. The number of aliphatic carboxylic acids is 1. The van der Waals surface area contributed by atoms with E-state index < -0.39 is 11.6 Å². The molecule has 0 spiro atoms. The van der Waals surface area contributed by atoms with Crippen molar-refractivity contribution in [3.05, 3.63) is 35.4 Å². The molecule has 45 heavy (non-hydrogen) atoms. The van der Waals surface area contributed by atoms with Gasteiger partial charge >= 0.3 is 0 Å². The normalized spacial score (nSPS) is 44.7. The van der Waals surface area contributed by atoms with E-state index >= 15 is 0 Å². The fraction of sp³-hybridized carbons (Fsp3) is 0.811. The number of aliphatic hydroxyl groups excluding tert-OH is 1. The van der Waals surface area contributed by atoms with Crippen LogP contribution in [0, 0.1) is 23.7 Å². The van der Waals surface area contributed by atoms with E-state index in [1.807, 2.05) is 0 Å². The Morgan fingerprint density at radius 3 is 2.62 bits per heavy atom. The van der Waals surface area contributed by atoms with E-state index in [0.29, 0.717) is 36.8 Å². The number of β-amino-alcohol motifs (C(OH)–C–C–N with tert-alkyl or cyclic N) is 1. The second kappa shape index (κ2) is 13.9. The van der Waals surface area contributed by atoms with Crippen LogP contribution in [-0.4, -0.2) is 70.8 Å². The standard InChI is InChI=1S/C37H60N4O4/c1-24-33(42)13-12-32-30-11-10-27-9-4-3-5-15-37(45,22-35(43)44)23-39-36(2)20-28(40-34(38)21-36)18-25-7-6-8-26(17-25)19-31(27)29(30)14-16-41(24)32/h6-8,17,24,27-34,39-40,42,45H,3-5,9-16,18-23,38H2,1-2H3,(H,43,44).